The first kappa shape index (κ1) is 12.2. The summed E-state index contributed by atoms with van der Waals surface area (Å²) in [5.74, 6) is 0.781. The van der Waals surface area contributed by atoms with Crippen LogP contribution in [0.1, 0.15) is 24.3 Å². The minimum Gasteiger partial charge on any atom is -0.355 e. The smallest absolute Gasteiger partial charge is 0.280 e. The Morgan fingerprint density at radius 3 is 2.89 bits per heavy atom. The molecule has 2 heterocycles. The molecule has 0 aliphatic heterocycles. The quantitative estimate of drug-likeness (QED) is 0.767. The molecule has 0 atom stereocenters. The van der Waals surface area contributed by atoms with Crippen LogP contribution in [0.4, 0.5) is 5.95 Å². The van der Waals surface area contributed by atoms with Crippen LogP contribution < -0.4 is 10.9 Å². The van der Waals surface area contributed by atoms with Gasteiger partial charge in [0.15, 0.2) is 17.5 Å². The third-order valence-electron chi connectivity index (χ3n) is 2.24. The molecule has 0 fully saturated rings. The van der Waals surface area contributed by atoms with Gasteiger partial charge < -0.3 is 5.32 Å². The second-order valence-corrected chi connectivity index (χ2v) is 4.27. The molecule has 7 nitrogen and oxygen atoms in total. The molecule has 18 heavy (non-hydrogen) atoms. The average Bonchev–Trinajstić information content (AvgIpc) is 2.36. The van der Waals surface area contributed by atoms with Crippen molar-refractivity contribution in [3.8, 4) is 0 Å². The molecule has 0 amide bonds. The van der Waals surface area contributed by atoms with Crippen LogP contribution in [0.2, 0.25) is 0 Å². The Bertz CT molecular complexity index is 635. The Hall–Kier alpha value is -2.31. The molecule has 0 radical (unpaired) electrons. The molecule has 0 aliphatic rings. The molecule has 0 aliphatic carbocycles. The number of rotatable bonds is 4. The summed E-state index contributed by atoms with van der Waals surface area (Å²) in [6, 6.07) is 0. The van der Waals surface area contributed by atoms with E-state index in [1.165, 1.54) is 6.20 Å². The van der Waals surface area contributed by atoms with E-state index in [1.807, 2.05) is 13.8 Å². The van der Waals surface area contributed by atoms with Crippen LogP contribution in [0.3, 0.4) is 0 Å². The summed E-state index contributed by atoms with van der Waals surface area (Å²) in [7, 11) is 0. The standard InChI is InChI=1S/C11H13N5O2/c1-6(2)3-13-11-15-9-8(10(18)16-11)14-7(5-17)4-12-9/h4-6H,3H2,1-2H3,(H2,12,13,15,16,18). The highest BCUT2D eigenvalue weighted by molar-refractivity contribution is 5.77. The van der Waals surface area contributed by atoms with Crippen LogP contribution in [-0.4, -0.2) is 32.8 Å². The van der Waals surface area contributed by atoms with Crippen molar-refractivity contribution in [2.75, 3.05) is 11.9 Å². The van der Waals surface area contributed by atoms with Gasteiger partial charge in [-0.3, -0.25) is 14.6 Å². The number of aromatic amines is 1. The number of fused-ring (bicyclic) bond motifs is 1. The molecule has 2 aromatic rings. The van der Waals surface area contributed by atoms with Crippen molar-refractivity contribution in [1.82, 2.24) is 19.9 Å². The van der Waals surface area contributed by atoms with Crippen LogP contribution in [-0.2, 0) is 0 Å². The molecule has 0 bridgehead atoms. The number of nitrogens with zero attached hydrogens (tertiary/aromatic N) is 3. The number of carbonyl (C=O) groups excluding carboxylic acids is 1. The maximum atomic E-state index is 11.8. The number of aromatic nitrogens is 4. The van der Waals surface area contributed by atoms with Gasteiger partial charge in [-0.1, -0.05) is 13.8 Å². The third kappa shape index (κ3) is 2.50. The monoisotopic (exact) mass is 247 g/mol. The van der Waals surface area contributed by atoms with Gasteiger partial charge in [0.05, 0.1) is 6.20 Å². The summed E-state index contributed by atoms with van der Waals surface area (Å²) in [6.07, 6.45) is 1.82. The summed E-state index contributed by atoms with van der Waals surface area (Å²) < 4.78 is 0. The molecule has 0 spiro atoms. The van der Waals surface area contributed by atoms with Crippen LogP contribution in [0.15, 0.2) is 11.0 Å². The van der Waals surface area contributed by atoms with E-state index in [-0.39, 0.29) is 16.9 Å². The van der Waals surface area contributed by atoms with E-state index in [0.29, 0.717) is 24.7 Å². The summed E-state index contributed by atoms with van der Waals surface area (Å²) in [6.45, 7) is 4.78. The van der Waals surface area contributed by atoms with Crippen molar-refractivity contribution in [2.24, 2.45) is 5.92 Å². The van der Waals surface area contributed by atoms with Gasteiger partial charge in [0, 0.05) is 6.54 Å². The molecule has 2 aromatic heterocycles. The van der Waals surface area contributed by atoms with E-state index < -0.39 is 5.56 Å². The fraction of sp³-hybridized carbons (Fsp3) is 0.364. The molecule has 7 heteroatoms. The number of carbonyl (C=O) groups is 1. The fourth-order valence-electron chi connectivity index (χ4n) is 1.37. The number of anilines is 1. The Labute approximate surface area is 103 Å². The molecule has 94 valence electrons. The van der Waals surface area contributed by atoms with Crippen LogP contribution in [0.5, 0.6) is 0 Å². The molecule has 0 saturated carbocycles. The Morgan fingerprint density at radius 2 is 2.22 bits per heavy atom. The highest BCUT2D eigenvalue weighted by Gasteiger charge is 2.07. The first-order valence-corrected chi connectivity index (χ1v) is 5.56. The first-order chi connectivity index (χ1) is 8.60. The van der Waals surface area contributed by atoms with Crippen molar-refractivity contribution >= 4 is 23.4 Å². The number of hydrogen-bond acceptors (Lipinski definition) is 6. The lowest BCUT2D eigenvalue weighted by Gasteiger charge is -2.07. The summed E-state index contributed by atoms with van der Waals surface area (Å²) in [5, 5.41) is 3.00. The second kappa shape index (κ2) is 4.91. The van der Waals surface area contributed by atoms with Gasteiger partial charge in [-0.05, 0) is 5.92 Å². The maximum Gasteiger partial charge on any atom is 0.280 e. The number of H-pyrrole nitrogens is 1. The number of nitrogens with one attached hydrogen (secondary N) is 2. The normalized spacial score (nSPS) is 10.8. The van der Waals surface area contributed by atoms with Gasteiger partial charge in [-0.25, -0.2) is 9.97 Å². The topological polar surface area (TPSA) is 101 Å². The number of aldehydes is 1. The van der Waals surface area contributed by atoms with E-state index in [4.69, 9.17) is 0 Å². The van der Waals surface area contributed by atoms with E-state index in [1.54, 1.807) is 0 Å². The molecule has 2 N–H and O–H groups in total. The van der Waals surface area contributed by atoms with E-state index in [2.05, 4.69) is 25.3 Å². The molecular formula is C11H13N5O2. The van der Waals surface area contributed by atoms with Crippen LogP contribution >= 0.6 is 0 Å². The molecule has 0 unspecified atom stereocenters. The molecular weight excluding hydrogens is 234 g/mol. The lowest BCUT2D eigenvalue weighted by molar-refractivity contribution is 0.111. The number of hydrogen-bond donors (Lipinski definition) is 2. The minimum absolute atomic E-state index is 0.0645. The van der Waals surface area contributed by atoms with Crippen molar-refractivity contribution in [1.29, 1.82) is 0 Å². The highest BCUT2D eigenvalue weighted by atomic mass is 16.1. The van der Waals surface area contributed by atoms with E-state index >= 15 is 0 Å². The average molecular weight is 247 g/mol. The fourth-order valence-corrected chi connectivity index (χ4v) is 1.37. The third-order valence-corrected chi connectivity index (χ3v) is 2.24. The predicted molar refractivity (Wildman–Crippen MR) is 66.7 cm³/mol. The van der Waals surface area contributed by atoms with Crippen molar-refractivity contribution in [3.63, 3.8) is 0 Å². The summed E-state index contributed by atoms with van der Waals surface area (Å²) >= 11 is 0. The van der Waals surface area contributed by atoms with E-state index in [9.17, 15) is 9.59 Å². The van der Waals surface area contributed by atoms with Gasteiger partial charge in [0.1, 0.15) is 5.69 Å². The predicted octanol–water partition coefficient (Wildman–Crippen LogP) is 0.593. The lowest BCUT2D eigenvalue weighted by atomic mass is 10.2. The van der Waals surface area contributed by atoms with Crippen molar-refractivity contribution in [3.05, 3.63) is 22.2 Å². The SMILES string of the molecule is CC(C)CNc1nc2ncc(C=O)nc2c(=O)[nH]1. The summed E-state index contributed by atoms with van der Waals surface area (Å²) in [5.41, 5.74) is -0.0227. The maximum absolute atomic E-state index is 11.8. The lowest BCUT2D eigenvalue weighted by Crippen LogP contribution is -2.17. The second-order valence-electron chi connectivity index (χ2n) is 4.27. The first-order valence-electron chi connectivity index (χ1n) is 5.56. The molecule has 0 aromatic carbocycles. The van der Waals surface area contributed by atoms with Gasteiger partial charge >= 0.3 is 0 Å². The Kier molecular flexibility index (Phi) is 3.31. The largest absolute Gasteiger partial charge is 0.355 e. The summed E-state index contributed by atoms with van der Waals surface area (Å²) in [4.78, 5) is 36.8. The molecule has 0 saturated heterocycles. The van der Waals surface area contributed by atoms with Gasteiger partial charge in [-0.15, -0.1) is 0 Å². The minimum atomic E-state index is -0.414. The van der Waals surface area contributed by atoms with Crippen molar-refractivity contribution < 1.29 is 4.79 Å². The van der Waals surface area contributed by atoms with Crippen molar-refractivity contribution in [2.45, 2.75) is 13.8 Å². The zero-order valence-electron chi connectivity index (χ0n) is 10.1. The Balaban J connectivity index is 2.43. The zero-order valence-corrected chi connectivity index (χ0v) is 10.1. The van der Waals surface area contributed by atoms with Gasteiger partial charge in [0.25, 0.3) is 5.56 Å². The van der Waals surface area contributed by atoms with Crippen LogP contribution in [0, 0.1) is 5.92 Å². The Morgan fingerprint density at radius 1 is 1.44 bits per heavy atom. The molecule has 2 rings (SSSR count). The zero-order chi connectivity index (χ0) is 13.1. The van der Waals surface area contributed by atoms with Gasteiger partial charge in [-0.2, -0.15) is 4.98 Å². The van der Waals surface area contributed by atoms with Gasteiger partial charge in [0.2, 0.25) is 5.95 Å². The highest BCUT2D eigenvalue weighted by Crippen LogP contribution is 2.04. The van der Waals surface area contributed by atoms with E-state index in [0.717, 1.165) is 0 Å². The van der Waals surface area contributed by atoms with Crippen LogP contribution in [0.25, 0.3) is 11.2 Å².